The molecule has 3 heterocycles. The Labute approximate surface area is 231 Å². The molecular weight excluding hydrogens is 500 g/mol. The van der Waals surface area contributed by atoms with Gasteiger partial charge in [0.15, 0.2) is 11.0 Å². The van der Waals surface area contributed by atoms with Gasteiger partial charge in [0, 0.05) is 12.1 Å². The monoisotopic (exact) mass is 526 g/mol. The van der Waals surface area contributed by atoms with Crippen LogP contribution in [0.4, 0.5) is 5.69 Å². The Kier molecular flexibility index (Phi) is 5.29. The smallest absolute Gasteiger partial charge is 0.291 e. The molecule has 196 valence electrons. The fourth-order valence-electron chi connectivity index (χ4n) is 6.15. The van der Waals surface area contributed by atoms with E-state index in [0.29, 0.717) is 28.8 Å². The Morgan fingerprint density at radius 2 is 1.45 bits per heavy atom. The summed E-state index contributed by atoms with van der Waals surface area (Å²) in [4.78, 5) is 46.6. The van der Waals surface area contributed by atoms with Gasteiger partial charge in [0.05, 0.1) is 23.2 Å². The minimum Gasteiger partial charge on any atom is -0.450 e. The van der Waals surface area contributed by atoms with Crippen molar-refractivity contribution in [2.45, 2.75) is 32.5 Å². The Morgan fingerprint density at radius 3 is 2.25 bits per heavy atom. The molecule has 4 aromatic carbocycles. The standard InChI is InChI=1S/C34H26N2O4/c1-21-15-17-23(18-16-21)19-36-32(38)31-29(30(37)25-11-5-8-14-28(25)40-31)34(36)26-12-6-7-13-27(26)35(33(34)39)20-24-10-4-3-9-22(24)2/h3-18H,19-20H2,1-2H3. The van der Waals surface area contributed by atoms with E-state index in [-0.39, 0.29) is 29.2 Å². The van der Waals surface area contributed by atoms with Gasteiger partial charge in [0.1, 0.15) is 5.58 Å². The third-order valence-corrected chi connectivity index (χ3v) is 8.19. The van der Waals surface area contributed by atoms with Crippen molar-refractivity contribution in [3.63, 3.8) is 0 Å². The lowest BCUT2D eigenvalue weighted by Crippen LogP contribution is -2.53. The Morgan fingerprint density at radius 1 is 0.750 bits per heavy atom. The van der Waals surface area contributed by atoms with Crippen LogP contribution in [0.1, 0.15) is 43.9 Å². The Hall–Kier alpha value is -4.97. The maximum absolute atomic E-state index is 14.9. The highest BCUT2D eigenvalue weighted by molar-refractivity contribution is 6.17. The number of hydrogen-bond donors (Lipinski definition) is 0. The van der Waals surface area contributed by atoms with Gasteiger partial charge in [0.2, 0.25) is 5.76 Å². The van der Waals surface area contributed by atoms with E-state index in [1.54, 1.807) is 29.2 Å². The molecule has 40 heavy (non-hydrogen) atoms. The van der Waals surface area contributed by atoms with E-state index >= 15 is 0 Å². The molecule has 0 radical (unpaired) electrons. The molecule has 2 amide bonds. The molecule has 1 aromatic heterocycles. The number of para-hydroxylation sites is 2. The summed E-state index contributed by atoms with van der Waals surface area (Å²) in [6.07, 6.45) is 0. The van der Waals surface area contributed by atoms with Crippen LogP contribution in [0.2, 0.25) is 0 Å². The predicted molar refractivity (Wildman–Crippen MR) is 153 cm³/mol. The molecule has 0 saturated heterocycles. The van der Waals surface area contributed by atoms with Crippen molar-refractivity contribution in [1.82, 2.24) is 4.90 Å². The minimum atomic E-state index is -1.65. The second kappa shape index (κ2) is 8.78. The Bertz CT molecular complexity index is 1910. The van der Waals surface area contributed by atoms with E-state index in [4.69, 9.17) is 4.42 Å². The summed E-state index contributed by atoms with van der Waals surface area (Å²) in [6, 6.07) is 30.1. The summed E-state index contributed by atoms with van der Waals surface area (Å²) in [7, 11) is 0. The molecule has 5 aromatic rings. The predicted octanol–water partition coefficient (Wildman–Crippen LogP) is 5.86. The third-order valence-electron chi connectivity index (χ3n) is 8.19. The zero-order valence-electron chi connectivity index (χ0n) is 22.2. The third kappa shape index (κ3) is 3.26. The average Bonchev–Trinajstić information content (AvgIpc) is 3.36. The van der Waals surface area contributed by atoms with E-state index < -0.39 is 11.4 Å². The number of amides is 2. The van der Waals surface area contributed by atoms with Gasteiger partial charge in [-0.3, -0.25) is 14.4 Å². The quantitative estimate of drug-likeness (QED) is 0.294. The van der Waals surface area contributed by atoms with Crippen molar-refractivity contribution in [3.8, 4) is 0 Å². The fraction of sp³-hybridized carbons (Fsp3) is 0.147. The van der Waals surface area contributed by atoms with Crippen LogP contribution in [0.3, 0.4) is 0 Å². The summed E-state index contributed by atoms with van der Waals surface area (Å²) in [5, 5.41) is 0.341. The highest BCUT2D eigenvalue weighted by atomic mass is 16.3. The van der Waals surface area contributed by atoms with Gasteiger partial charge >= 0.3 is 0 Å². The number of fused-ring (bicyclic) bond motifs is 5. The second-order valence-corrected chi connectivity index (χ2v) is 10.6. The van der Waals surface area contributed by atoms with Gasteiger partial charge in [0.25, 0.3) is 11.8 Å². The van der Waals surface area contributed by atoms with Crippen LogP contribution in [0, 0.1) is 13.8 Å². The molecule has 7 rings (SSSR count). The summed E-state index contributed by atoms with van der Waals surface area (Å²) in [6.45, 7) is 4.45. The van der Waals surface area contributed by atoms with Crippen LogP contribution in [-0.2, 0) is 23.4 Å². The van der Waals surface area contributed by atoms with E-state index in [9.17, 15) is 14.4 Å². The van der Waals surface area contributed by atoms with Crippen molar-refractivity contribution < 1.29 is 14.0 Å². The molecule has 6 heteroatoms. The van der Waals surface area contributed by atoms with Crippen molar-refractivity contribution in [1.29, 1.82) is 0 Å². The van der Waals surface area contributed by atoms with Crippen molar-refractivity contribution >= 4 is 28.5 Å². The fourth-order valence-corrected chi connectivity index (χ4v) is 6.15. The highest BCUT2D eigenvalue weighted by Gasteiger charge is 2.65. The molecule has 2 aliphatic rings. The first kappa shape index (κ1) is 24.1. The molecule has 0 aliphatic carbocycles. The Balaban J connectivity index is 1.51. The first-order chi connectivity index (χ1) is 19.4. The SMILES string of the molecule is Cc1ccc(CN2C(=O)c3oc4ccccc4c(=O)c3C23C(=O)N(Cc2ccccc2C)c2ccccc23)cc1. The number of anilines is 1. The van der Waals surface area contributed by atoms with Crippen LogP contribution < -0.4 is 10.3 Å². The number of rotatable bonds is 4. The van der Waals surface area contributed by atoms with Crippen molar-refractivity contribution in [2.24, 2.45) is 0 Å². The summed E-state index contributed by atoms with van der Waals surface area (Å²) >= 11 is 0. The van der Waals surface area contributed by atoms with Crippen molar-refractivity contribution in [3.05, 3.63) is 146 Å². The molecule has 0 bridgehead atoms. The van der Waals surface area contributed by atoms with Gasteiger partial charge < -0.3 is 14.2 Å². The normalized spacial score (nSPS) is 17.6. The molecule has 0 saturated carbocycles. The van der Waals surface area contributed by atoms with Crippen molar-refractivity contribution in [2.75, 3.05) is 4.90 Å². The van der Waals surface area contributed by atoms with Gasteiger partial charge in [-0.15, -0.1) is 0 Å². The molecule has 0 N–H and O–H groups in total. The highest BCUT2D eigenvalue weighted by Crippen LogP contribution is 2.53. The lowest BCUT2D eigenvalue weighted by atomic mass is 9.83. The molecule has 1 atom stereocenters. The number of carbonyl (C=O) groups is 2. The van der Waals surface area contributed by atoms with E-state index in [1.807, 2.05) is 86.6 Å². The topological polar surface area (TPSA) is 70.8 Å². The maximum Gasteiger partial charge on any atom is 0.291 e. The largest absolute Gasteiger partial charge is 0.450 e. The van der Waals surface area contributed by atoms with Crippen LogP contribution in [0.5, 0.6) is 0 Å². The van der Waals surface area contributed by atoms with Crippen LogP contribution in [-0.4, -0.2) is 16.7 Å². The van der Waals surface area contributed by atoms with Crippen LogP contribution in [0.15, 0.2) is 106 Å². The first-order valence-corrected chi connectivity index (χ1v) is 13.3. The van der Waals surface area contributed by atoms with E-state index in [1.165, 1.54) is 4.90 Å². The molecule has 0 fully saturated rings. The number of hydrogen-bond acceptors (Lipinski definition) is 4. The molecular formula is C34H26N2O4. The minimum absolute atomic E-state index is 0.0725. The van der Waals surface area contributed by atoms with E-state index in [2.05, 4.69) is 0 Å². The average molecular weight is 527 g/mol. The first-order valence-electron chi connectivity index (χ1n) is 13.3. The van der Waals surface area contributed by atoms with Gasteiger partial charge in [-0.2, -0.15) is 0 Å². The molecule has 6 nitrogen and oxygen atoms in total. The number of aryl methyl sites for hydroxylation is 2. The van der Waals surface area contributed by atoms with E-state index in [0.717, 1.165) is 22.3 Å². The van der Waals surface area contributed by atoms with Crippen LogP contribution >= 0.6 is 0 Å². The van der Waals surface area contributed by atoms with Gasteiger partial charge in [-0.05, 0) is 48.7 Å². The lowest BCUT2D eigenvalue weighted by Gasteiger charge is -2.34. The summed E-state index contributed by atoms with van der Waals surface area (Å²) in [5.41, 5.74) is 3.67. The zero-order valence-corrected chi connectivity index (χ0v) is 22.2. The number of benzene rings is 4. The number of nitrogens with zero attached hydrogens (tertiary/aromatic N) is 2. The summed E-state index contributed by atoms with van der Waals surface area (Å²) < 4.78 is 6.15. The summed E-state index contributed by atoms with van der Waals surface area (Å²) in [5.74, 6) is -0.880. The van der Waals surface area contributed by atoms with Crippen LogP contribution in [0.25, 0.3) is 11.0 Å². The zero-order chi connectivity index (χ0) is 27.6. The molecule has 1 unspecified atom stereocenters. The second-order valence-electron chi connectivity index (χ2n) is 10.6. The lowest BCUT2D eigenvalue weighted by molar-refractivity contribution is -0.126. The number of carbonyl (C=O) groups excluding carboxylic acids is 2. The molecule has 1 spiro atoms. The maximum atomic E-state index is 14.9. The van der Waals surface area contributed by atoms with Gasteiger partial charge in [-0.25, -0.2) is 0 Å². The molecule has 2 aliphatic heterocycles. The van der Waals surface area contributed by atoms with Gasteiger partial charge in [-0.1, -0.05) is 84.4 Å².